The van der Waals surface area contributed by atoms with E-state index in [2.05, 4.69) is 17.2 Å². The van der Waals surface area contributed by atoms with Gasteiger partial charge in [0, 0.05) is 6.07 Å². The van der Waals surface area contributed by atoms with Crippen molar-refractivity contribution in [1.82, 2.24) is 4.90 Å². The summed E-state index contributed by atoms with van der Waals surface area (Å²) in [5.74, 6) is 0.00710. The molecule has 0 atom stereocenters. The first-order chi connectivity index (χ1) is 11.5. The summed E-state index contributed by atoms with van der Waals surface area (Å²) >= 11 is 4.43. The van der Waals surface area contributed by atoms with Crippen LogP contribution in [0.3, 0.4) is 0 Å². The fraction of sp³-hybridized carbons (Fsp3) is 0.500. The molecule has 5 nitrogen and oxygen atoms in total. The van der Waals surface area contributed by atoms with Crippen LogP contribution < -0.4 is 4.74 Å². The maximum absolute atomic E-state index is 12.9. The van der Waals surface area contributed by atoms with Gasteiger partial charge >= 0.3 is 12.3 Å². The molecule has 1 aliphatic heterocycles. The minimum absolute atomic E-state index is 0.00291. The molecule has 0 N–H and O–H groups in total. The molecule has 0 aliphatic carbocycles. The van der Waals surface area contributed by atoms with Gasteiger partial charge in [-0.25, -0.2) is 4.79 Å². The van der Waals surface area contributed by atoms with E-state index >= 15 is 0 Å². The van der Waals surface area contributed by atoms with E-state index in [9.17, 15) is 18.0 Å². The summed E-state index contributed by atoms with van der Waals surface area (Å²) in [6, 6.07) is 3.09. The molecule has 0 radical (unpaired) electrons. The molecule has 1 amide bonds. The first-order valence-corrected chi connectivity index (χ1v) is 7.83. The summed E-state index contributed by atoms with van der Waals surface area (Å²) in [7, 11) is 0. The number of isothiocyanates is 1. The van der Waals surface area contributed by atoms with E-state index in [1.165, 1.54) is 11.0 Å². The molecule has 2 rings (SSSR count). The van der Waals surface area contributed by atoms with Gasteiger partial charge in [0.05, 0.1) is 29.5 Å². The van der Waals surface area contributed by atoms with Gasteiger partial charge in [-0.3, -0.25) is 0 Å². The molecular formula is C16H17F3N2O3S. The largest absolute Gasteiger partial charge is 0.487 e. The Labute approximate surface area is 148 Å². The standard InChI is InChI=1S/C16H17F3N2O3S/c1-15(2,3)24-14(22)21-7-13(8-21)23-12-5-10(16(17,18)19)4-11(6-12)20-9-25/h4-6,13H,7-8H2,1-3H3. The van der Waals surface area contributed by atoms with Gasteiger partial charge in [0.1, 0.15) is 17.5 Å². The topological polar surface area (TPSA) is 51.1 Å². The van der Waals surface area contributed by atoms with E-state index in [1.54, 1.807) is 20.8 Å². The lowest BCUT2D eigenvalue weighted by molar-refractivity contribution is -0.137. The van der Waals surface area contributed by atoms with E-state index in [0.717, 1.165) is 12.1 Å². The van der Waals surface area contributed by atoms with Crippen LogP contribution in [0.4, 0.5) is 23.7 Å². The average molecular weight is 374 g/mol. The maximum Gasteiger partial charge on any atom is 0.416 e. The predicted molar refractivity (Wildman–Crippen MR) is 88.4 cm³/mol. The SMILES string of the molecule is CC(C)(C)OC(=O)N1CC(Oc2cc(N=C=S)cc(C(F)(F)F)c2)C1. The third kappa shape index (κ3) is 5.44. The molecule has 1 aromatic carbocycles. The minimum atomic E-state index is -4.53. The monoisotopic (exact) mass is 374 g/mol. The lowest BCUT2D eigenvalue weighted by Gasteiger charge is -2.39. The third-order valence-corrected chi connectivity index (χ3v) is 3.29. The number of hydrogen-bond donors (Lipinski definition) is 0. The zero-order chi connectivity index (χ0) is 18.8. The number of aliphatic imine (C=N–C) groups is 1. The van der Waals surface area contributed by atoms with Gasteiger partial charge in [0.2, 0.25) is 0 Å². The van der Waals surface area contributed by atoms with Crippen molar-refractivity contribution in [1.29, 1.82) is 0 Å². The van der Waals surface area contributed by atoms with E-state index in [1.807, 2.05) is 5.16 Å². The number of nitrogens with zero attached hydrogens (tertiary/aromatic N) is 2. The van der Waals surface area contributed by atoms with E-state index in [0.29, 0.717) is 0 Å². The molecule has 1 aliphatic rings. The van der Waals surface area contributed by atoms with E-state index < -0.39 is 29.5 Å². The minimum Gasteiger partial charge on any atom is -0.487 e. The van der Waals surface area contributed by atoms with Gasteiger partial charge in [-0.05, 0) is 45.1 Å². The predicted octanol–water partition coefficient (Wildman–Crippen LogP) is 4.44. The van der Waals surface area contributed by atoms with Crippen LogP contribution in [0, 0.1) is 0 Å². The van der Waals surface area contributed by atoms with Crippen LogP contribution in [-0.4, -0.2) is 40.9 Å². The number of carbonyl (C=O) groups excluding carboxylic acids is 1. The first kappa shape index (κ1) is 19.2. The van der Waals surface area contributed by atoms with Crippen LogP contribution >= 0.6 is 12.2 Å². The Morgan fingerprint density at radius 1 is 1.28 bits per heavy atom. The van der Waals surface area contributed by atoms with Gasteiger partial charge in [-0.2, -0.15) is 18.2 Å². The summed E-state index contributed by atoms with van der Waals surface area (Å²) in [6.07, 6.45) is -5.43. The van der Waals surface area contributed by atoms with Gasteiger partial charge in [0.25, 0.3) is 0 Å². The summed E-state index contributed by atoms with van der Waals surface area (Å²) in [4.78, 5) is 16.8. The highest BCUT2D eigenvalue weighted by Gasteiger charge is 2.36. The molecule has 1 fully saturated rings. The van der Waals surface area contributed by atoms with Crippen LogP contribution in [0.25, 0.3) is 0 Å². The Kier molecular flexibility index (Phi) is 5.39. The highest BCUT2D eigenvalue weighted by atomic mass is 32.1. The summed E-state index contributed by atoms with van der Waals surface area (Å²) < 4.78 is 49.5. The van der Waals surface area contributed by atoms with Crippen LogP contribution in [0.15, 0.2) is 23.2 Å². The summed E-state index contributed by atoms with van der Waals surface area (Å²) in [5.41, 5.74) is -1.50. The Morgan fingerprint density at radius 3 is 2.44 bits per heavy atom. The van der Waals surface area contributed by atoms with Crippen LogP contribution in [-0.2, 0) is 10.9 Å². The second kappa shape index (κ2) is 7.01. The van der Waals surface area contributed by atoms with Crippen molar-refractivity contribution < 1.29 is 27.4 Å². The number of halogens is 3. The number of carbonyl (C=O) groups is 1. The average Bonchev–Trinajstić information content (AvgIpc) is 2.39. The summed E-state index contributed by atoms with van der Waals surface area (Å²) in [5, 5.41) is 2.03. The fourth-order valence-electron chi connectivity index (χ4n) is 2.11. The molecule has 1 saturated heterocycles. The highest BCUT2D eigenvalue weighted by Crippen LogP contribution is 2.35. The Morgan fingerprint density at radius 2 is 1.92 bits per heavy atom. The van der Waals surface area contributed by atoms with Crippen LogP contribution in [0.5, 0.6) is 5.75 Å². The number of alkyl halides is 3. The normalized spacial score (nSPS) is 15.2. The van der Waals surface area contributed by atoms with Gasteiger partial charge in [-0.1, -0.05) is 0 Å². The molecule has 0 spiro atoms. The number of ether oxygens (including phenoxy) is 2. The van der Waals surface area contributed by atoms with Gasteiger partial charge in [0.15, 0.2) is 0 Å². The van der Waals surface area contributed by atoms with Crippen molar-refractivity contribution in [2.45, 2.75) is 38.7 Å². The molecule has 1 aromatic rings. The lowest BCUT2D eigenvalue weighted by atomic mass is 10.1. The number of likely N-dealkylation sites (tertiary alicyclic amines) is 1. The molecule has 0 saturated carbocycles. The van der Waals surface area contributed by atoms with Crippen LogP contribution in [0.2, 0.25) is 0 Å². The second-order valence-corrected chi connectivity index (χ2v) is 6.72. The van der Waals surface area contributed by atoms with Crippen LogP contribution in [0.1, 0.15) is 26.3 Å². The first-order valence-electron chi connectivity index (χ1n) is 7.43. The molecule has 0 bridgehead atoms. The fourth-order valence-corrected chi connectivity index (χ4v) is 2.22. The number of benzene rings is 1. The smallest absolute Gasteiger partial charge is 0.416 e. The van der Waals surface area contributed by atoms with Crippen molar-refractivity contribution in [2.24, 2.45) is 4.99 Å². The number of thiocarbonyl (C=S) groups is 1. The molecule has 0 aromatic heterocycles. The Bertz CT molecular complexity index is 704. The van der Waals surface area contributed by atoms with E-state index in [4.69, 9.17) is 9.47 Å². The number of amides is 1. The highest BCUT2D eigenvalue weighted by molar-refractivity contribution is 7.78. The zero-order valence-corrected chi connectivity index (χ0v) is 14.7. The van der Waals surface area contributed by atoms with Crippen molar-refractivity contribution in [2.75, 3.05) is 13.1 Å². The lowest BCUT2D eigenvalue weighted by Crippen LogP contribution is -2.57. The van der Waals surface area contributed by atoms with Crippen molar-refractivity contribution in [3.8, 4) is 5.75 Å². The van der Waals surface area contributed by atoms with Crippen molar-refractivity contribution in [3.05, 3.63) is 23.8 Å². The second-order valence-electron chi connectivity index (χ2n) is 6.54. The maximum atomic E-state index is 12.9. The van der Waals surface area contributed by atoms with Crippen molar-refractivity contribution in [3.63, 3.8) is 0 Å². The van der Waals surface area contributed by atoms with Crippen molar-refractivity contribution >= 4 is 29.2 Å². The van der Waals surface area contributed by atoms with Gasteiger partial charge in [-0.15, -0.1) is 0 Å². The zero-order valence-electron chi connectivity index (χ0n) is 13.9. The van der Waals surface area contributed by atoms with Gasteiger partial charge < -0.3 is 14.4 Å². The molecule has 9 heteroatoms. The summed E-state index contributed by atoms with van der Waals surface area (Å²) in [6.45, 7) is 5.71. The van der Waals surface area contributed by atoms with E-state index in [-0.39, 0.29) is 24.5 Å². The Hall–Kier alpha value is -2.12. The third-order valence-electron chi connectivity index (χ3n) is 3.20. The molecule has 136 valence electrons. The Balaban J connectivity index is 2.03. The molecule has 0 unspecified atom stereocenters. The molecule has 1 heterocycles. The molecular weight excluding hydrogens is 357 g/mol. The number of hydrogen-bond acceptors (Lipinski definition) is 5. The molecule has 25 heavy (non-hydrogen) atoms. The number of rotatable bonds is 3. The quantitative estimate of drug-likeness (QED) is 0.580.